The van der Waals surface area contributed by atoms with E-state index in [1.54, 1.807) is 31.2 Å². The number of hydrogen-bond acceptors (Lipinski definition) is 4. The number of aliphatic hydroxyl groups is 1. The SMILES string of the molecule is CCC(O)c1ccn(S(=O)(=O)c2ccc(C)cc2)n1. The highest BCUT2D eigenvalue weighted by molar-refractivity contribution is 7.89. The standard InChI is InChI=1S/C13H16N2O3S/c1-3-13(16)12-8-9-15(14-12)19(17,18)11-6-4-10(2)5-7-11/h4-9,13,16H,3H2,1-2H3. The Kier molecular flexibility index (Phi) is 3.73. The van der Waals surface area contributed by atoms with Crippen LogP contribution in [-0.4, -0.2) is 22.7 Å². The third-order valence-corrected chi connectivity index (χ3v) is 4.44. The number of aliphatic hydroxyl groups excluding tert-OH is 1. The summed E-state index contributed by atoms with van der Waals surface area (Å²) in [6, 6.07) is 8.07. The lowest BCUT2D eigenvalue weighted by molar-refractivity contribution is 0.168. The van der Waals surface area contributed by atoms with Crippen LogP contribution in [0.5, 0.6) is 0 Å². The number of benzene rings is 1. The van der Waals surface area contributed by atoms with Crippen LogP contribution < -0.4 is 0 Å². The van der Waals surface area contributed by atoms with E-state index in [1.165, 1.54) is 12.3 Å². The van der Waals surface area contributed by atoms with Crippen LogP contribution in [0.2, 0.25) is 0 Å². The number of nitrogens with zero attached hydrogens (tertiary/aromatic N) is 2. The fourth-order valence-electron chi connectivity index (χ4n) is 1.66. The molecule has 102 valence electrons. The molecule has 0 fully saturated rings. The summed E-state index contributed by atoms with van der Waals surface area (Å²) in [5.41, 5.74) is 1.35. The highest BCUT2D eigenvalue weighted by atomic mass is 32.2. The number of hydrogen-bond donors (Lipinski definition) is 1. The van der Waals surface area contributed by atoms with Crippen molar-refractivity contribution in [1.29, 1.82) is 0 Å². The molecule has 0 aliphatic heterocycles. The van der Waals surface area contributed by atoms with Crippen molar-refractivity contribution in [1.82, 2.24) is 9.19 Å². The van der Waals surface area contributed by atoms with Gasteiger partial charge in [0.25, 0.3) is 10.0 Å². The molecule has 2 rings (SSSR count). The molecule has 6 heteroatoms. The van der Waals surface area contributed by atoms with Gasteiger partial charge in [-0.25, -0.2) is 0 Å². The molecule has 0 radical (unpaired) electrons. The van der Waals surface area contributed by atoms with Crippen molar-refractivity contribution in [2.75, 3.05) is 0 Å². The maximum Gasteiger partial charge on any atom is 0.282 e. The number of aryl methyl sites for hydroxylation is 1. The van der Waals surface area contributed by atoms with Gasteiger partial charge in [0.15, 0.2) is 0 Å². The van der Waals surface area contributed by atoms with Crippen molar-refractivity contribution in [2.24, 2.45) is 0 Å². The van der Waals surface area contributed by atoms with E-state index in [4.69, 9.17) is 0 Å². The second-order valence-electron chi connectivity index (χ2n) is 4.36. The zero-order valence-electron chi connectivity index (χ0n) is 10.8. The molecule has 0 amide bonds. The van der Waals surface area contributed by atoms with Gasteiger partial charge in [-0.2, -0.15) is 17.6 Å². The Morgan fingerprint density at radius 2 is 1.89 bits per heavy atom. The maximum absolute atomic E-state index is 12.3. The summed E-state index contributed by atoms with van der Waals surface area (Å²) >= 11 is 0. The topological polar surface area (TPSA) is 72.2 Å². The van der Waals surface area contributed by atoms with Crippen molar-refractivity contribution >= 4 is 10.0 Å². The van der Waals surface area contributed by atoms with Crippen LogP contribution in [0.1, 0.15) is 30.7 Å². The zero-order chi connectivity index (χ0) is 14.0. The molecular formula is C13H16N2O3S. The molecule has 5 nitrogen and oxygen atoms in total. The van der Waals surface area contributed by atoms with E-state index in [1.807, 2.05) is 6.92 Å². The van der Waals surface area contributed by atoms with Crippen LogP contribution in [0.3, 0.4) is 0 Å². The van der Waals surface area contributed by atoms with Crippen molar-refractivity contribution < 1.29 is 13.5 Å². The average molecular weight is 280 g/mol. The summed E-state index contributed by atoms with van der Waals surface area (Å²) in [6.07, 6.45) is 1.10. The highest BCUT2D eigenvalue weighted by Crippen LogP contribution is 2.17. The van der Waals surface area contributed by atoms with Crippen LogP contribution in [0.15, 0.2) is 41.4 Å². The maximum atomic E-state index is 12.3. The molecule has 1 aromatic heterocycles. The minimum atomic E-state index is -3.68. The van der Waals surface area contributed by atoms with E-state index in [0.29, 0.717) is 12.1 Å². The number of rotatable bonds is 4. The Balaban J connectivity index is 2.39. The van der Waals surface area contributed by atoms with Gasteiger partial charge in [0.05, 0.1) is 16.7 Å². The molecule has 0 saturated carbocycles. The summed E-state index contributed by atoms with van der Waals surface area (Å²) in [7, 11) is -3.68. The van der Waals surface area contributed by atoms with E-state index in [-0.39, 0.29) is 4.90 Å². The highest BCUT2D eigenvalue weighted by Gasteiger charge is 2.19. The molecule has 0 aliphatic carbocycles. The van der Waals surface area contributed by atoms with Crippen LogP contribution in [0, 0.1) is 6.92 Å². The van der Waals surface area contributed by atoms with Gasteiger partial charge in [0.1, 0.15) is 0 Å². The monoisotopic (exact) mass is 280 g/mol. The van der Waals surface area contributed by atoms with Crippen molar-refractivity contribution in [3.05, 3.63) is 47.8 Å². The molecular weight excluding hydrogens is 264 g/mol. The van der Waals surface area contributed by atoms with Crippen molar-refractivity contribution in [3.63, 3.8) is 0 Å². The first-order valence-electron chi connectivity index (χ1n) is 6.01. The lowest BCUT2D eigenvalue weighted by atomic mass is 10.2. The van der Waals surface area contributed by atoms with Gasteiger partial charge < -0.3 is 5.11 Å². The largest absolute Gasteiger partial charge is 0.387 e. The predicted octanol–water partition coefficient (Wildman–Crippen LogP) is 1.87. The van der Waals surface area contributed by atoms with E-state index in [0.717, 1.165) is 9.65 Å². The zero-order valence-corrected chi connectivity index (χ0v) is 11.6. The summed E-state index contributed by atoms with van der Waals surface area (Å²) in [6.45, 7) is 3.69. The molecule has 1 atom stereocenters. The van der Waals surface area contributed by atoms with Gasteiger partial charge in [-0.3, -0.25) is 0 Å². The summed E-state index contributed by atoms with van der Waals surface area (Å²) in [4.78, 5) is 0.179. The summed E-state index contributed by atoms with van der Waals surface area (Å²) in [5, 5.41) is 13.6. The minimum absolute atomic E-state index is 0.179. The average Bonchev–Trinajstić information content (AvgIpc) is 2.88. The molecule has 0 saturated heterocycles. The normalized spacial score (nSPS) is 13.4. The molecule has 1 N–H and O–H groups in total. The summed E-state index contributed by atoms with van der Waals surface area (Å²) < 4.78 is 25.5. The lowest BCUT2D eigenvalue weighted by Gasteiger charge is -2.05. The second kappa shape index (κ2) is 5.14. The van der Waals surface area contributed by atoms with Gasteiger partial charge in [-0.1, -0.05) is 24.6 Å². The Bertz CT molecular complexity index is 659. The first-order chi connectivity index (χ1) is 8.95. The molecule has 1 unspecified atom stereocenters. The van der Waals surface area contributed by atoms with Crippen LogP contribution in [-0.2, 0) is 10.0 Å². The van der Waals surface area contributed by atoms with Gasteiger partial charge in [0.2, 0.25) is 0 Å². The third kappa shape index (κ3) is 2.69. The Morgan fingerprint density at radius 3 is 2.47 bits per heavy atom. The Hall–Kier alpha value is -1.66. The minimum Gasteiger partial charge on any atom is -0.387 e. The van der Waals surface area contributed by atoms with E-state index in [9.17, 15) is 13.5 Å². The third-order valence-electron chi connectivity index (χ3n) is 2.88. The second-order valence-corrected chi connectivity index (χ2v) is 6.15. The van der Waals surface area contributed by atoms with Gasteiger partial charge in [-0.15, -0.1) is 0 Å². The molecule has 0 spiro atoms. The van der Waals surface area contributed by atoms with E-state index >= 15 is 0 Å². The van der Waals surface area contributed by atoms with Crippen molar-refractivity contribution in [2.45, 2.75) is 31.3 Å². The predicted molar refractivity (Wildman–Crippen MR) is 71.2 cm³/mol. The van der Waals surface area contributed by atoms with Crippen LogP contribution in [0.4, 0.5) is 0 Å². The molecule has 0 aliphatic rings. The quantitative estimate of drug-likeness (QED) is 0.928. The van der Waals surface area contributed by atoms with E-state index in [2.05, 4.69) is 5.10 Å². The summed E-state index contributed by atoms with van der Waals surface area (Å²) in [5.74, 6) is 0. The molecule has 1 aromatic carbocycles. The van der Waals surface area contributed by atoms with Crippen LogP contribution in [0.25, 0.3) is 0 Å². The lowest BCUT2D eigenvalue weighted by Crippen LogP contribution is -2.14. The van der Waals surface area contributed by atoms with E-state index < -0.39 is 16.1 Å². The molecule has 19 heavy (non-hydrogen) atoms. The fraction of sp³-hybridized carbons (Fsp3) is 0.308. The van der Waals surface area contributed by atoms with Gasteiger partial charge >= 0.3 is 0 Å². The molecule has 1 heterocycles. The molecule has 0 bridgehead atoms. The Morgan fingerprint density at radius 1 is 1.26 bits per heavy atom. The first kappa shape index (κ1) is 13.8. The number of aromatic nitrogens is 2. The van der Waals surface area contributed by atoms with Crippen LogP contribution >= 0.6 is 0 Å². The first-order valence-corrected chi connectivity index (χ1v) is 7.45. The fourth-order valence-corrected chi connectivity index (χ4v) is 2.78. The Labute approximate surface area is 112 Å². The smallest absolute Gasteiger partial charge is 0.282 e. The molecule has 2 aromatic rings. The van der Waals surface area contributed by atoms with Gasteiger partial charge in [-0.05, 0) is 31.5 Å². The van der Waals surface area contributed by atoms with Gasteiger partial charge in [0, 0.05) is 6.20 Å². The van der Waals surface area contributed by atoms with Crippen molar-refractivity contribution in [3.8, 4) is 0 Å².